The van der Waals surface area contributed by atoms with Gasteiger partial charge in [0.2, 0.25) is 0 Å². The van der Waals surface area contributed by atoms with Gasteiger partial charge in [0.15, 0.2) is 11.6 Å². The maximum absolute atomic E-state index is 13.7. The third kappa shape index (κ3) is 2.77. The Bertz CT molecular complexity index is 915. The molecule has 0 aliphatic carbocycles. The van der Waals surface area contributed by atoms with Crippen LogP contribution in [-0.2, 0) is 13.2 Å². The molecule has 0 unspecified atom stereocenters. The van der Waals surface area contributed by atoms with Crippen molar-refractivity contribution in [1.29, 1.82) is 0 Å². The van der Waals surface area contributed by atoms with Crippen molar-refractivity contribution in [2.45, 2.75) is 27.0 Å². The van der Waals surface area contributed by atoms with Crippen molar-refractivity contribution in [2.24, 2.45) is 0 Å². The first-order chi connectivity index (χ1) is 11.5. The molecule has 3 rings (SSSR count). The monoisotopic (exact) mass is 328 g/mol. The predicted molar refractivity (Wildman–Crippen MR) is 90.1 cm³/mol. The van der Waals surface area contributed by atoms with Gasteiger partial charge in [-0.2, -0.15) is 0 Å². The van der Waals surface area contributed by atoms with Crippen LogP contribution in [0.25, 0.3) is 11.0 Å². The largest absolute Gasteiger partial charge is 0.486 e. The number of fused-ring (bicyclic) bond motifs is 1. The highest BCUT2D eigenvalue weighted by atomic mass is 19.1. The lowest BCUT2D eigenvalue weighted by atomic mass is 10.2. The van der Waals surface area contributed by atoms with E-state index in [9.17, 15) is 8.78 Å². The molecule has 3 nitrogen and oxygen atoms in total. The first-order valence-corrected chi connectivity index (χ1v) is 7.65. The van der Waals surface area contributed by atoms with Crippen LogP contribution in [0.4, 0.5) is 8.78 Å². The molecule has 24 heavy (non-hydrogen) atoms. The number of rotatable bonds is 5. The number of ether oxygens (including phenoxy) is 1. The average molecular weight is 328 g/mol. The fraction of sp³-hybridized carbons (Fsp3) is 0.211. The standard InChI is InChI=1S/C19H18F2N2O/c1-4-9-23-13(3)12(2)18-19(23)14(7-8-22-18)11-24-17-6-5-15(20)10-16(17)21/h4-8,10H,1,9,11H2,2-3H3. The molecule has 3 aromatic rings. The summed E-state index contributed by atoms with van der Waals surface area (Å²) in [6, 6.07) is 5.13. The minimum absolute atomic E-state index is 0.0247. The Morgan fingerprint density at radius 3 is 2.75 bits per heavy atom. The van der Waals surface area contributed by atoms with Crippen molar-refractivity contribution >= 4 is 11.0 Å². The highest BCUT2D eigenvalue weighted by molar-refractivity contribution is 5.84. The second kappa shape index (κ2) is 6.43. The van der Waals surface area contributed by atoms with Gasteiger partial charge in [0.1, 0.15) is 12.4 Å². The first kappa shape index (κ1) is 16.2. The summed E-state index contributed by atoms with van der Waals surface area (Å²) < 4.78 is 34.4. The van der Waals surface area contributed by atoms with Gasteiger partial charge in [-0.25, -0.2) is 8.78 Å². The molecule has 0 N–H and O–H groups in total. The summed E-state index contributed by atoms with van der Waals surface area (Å²) in [6.07, 6.45) is 3.54. The summed E-state index contributed by atoms with van der Waals surface area (Å²) in [4.78, 5) is 4.45. The number of pyridine rings is 1. The van der Waals surface area contributed by atoms with Crippen LogP contribution in [0.15, 0.2) is 43.1 Å². The van der Waals surface area contributed by atoms with Crippen molar-refractivity contribution < 1.29 is 13.5 Å². The van der Waals surface area contributed by atoms with Gasteiger partial charge in [-0.3, -0.25) is 4.98 Å². The fourth-order valence-electron chi connectivity index (χ4n) is 2.83. The number of nitrogens with zero attached hydrogens (tertiary/aromatic N) is 2. The second-order valence-electron chi connectivity index (χ2n) is 5.64. The van der Waals surface area contributed by atoms with E-state index in [1.165, 1.54) is 12.1 Å². The molecule has 0 spiro atoms. The summed E-state index contributed by atoms with van der Waals surface area (Å²) in [7, 11) is 0. The second-order valence-corrected chi connectivity index (χ2v) is 5.64. The van der Waals surface area contributed by atoms with E-state index in [2.05, 4.69) is 16.1 Å². The maximum Gasteiger partial charge on any atom is 0.167 e. The molecule has 2 aromatic heterocycles. The van der Waals surface area contributed by atoms with Gasteiger partial charge in [0, 0.05) is 30.1 Å². The lowest BCUT2D eigenvalue weighted by Gasteiger charge is -2.11. The molecular weight excluding hydrogens is 310 g/mol. The number of aryl methyl sites for hydroxylation is 1. The van der Waals surface area contributed by atoms with Crippen LogP contribution in [0.5, 0.6) is 5.75 Å². The Hall–Kier alpha value is -2.69. The summed E-state index contributed by atoms with van der Waals surface area (Å²) in [5.41, 5.74) is 4.95. The van der Waals surface area contributed by atoms with Crippen LogP contribution >= 0.6 is 0 Å². The highest BCUT2D eigenvalue weighted by Crippen LogP contribution is 2.27. The van der Waals surface area contributed by atoms with E-state index in [-0.39, 0.29) is 12.4 Å². The van der Waals surface area contributed by atoms with Gasteiger partial charge >= 0.3 is 0 Å². The number of allylic oxidation sites excluding steroid dienone is 1. The molecule has 2 heterocycles. The normalized spacial score (nSPS) is 11.0. The molecule has 0 saturated heterocycles. The lowest BCUT2D eigenvalue weighted by Crippen LogP contribution is -2.04. The molecule has 0 aliphatic rings. The molecule has 0 amide bonds. The molecule has 0 fully saturated rings. The van der Waals surface area contributed by atoms with Crippen molar-refractivity contribution in [3.05, 3.63) is 71.6 Å². The van der Waals surface area contributed by atoms with Crippen molar-refractivity contribution in [1.82, 2.24) is 9.55 Å². The zero-order valence-electron chi connectivity index (χ0n) is 13.6. The van der Waals surface area contributed by atoms with Crippen LogP contribution in [0.1, 0.15) is 16.8 Å². The molecule has 0 aliphatic heterocycles. The number of benzene rings is 1. The minimum Gasteiger partial charge on any atom is -0.486 e. The lowest BCUT2D eigenvalue weighted by molar-refractivity contribution is 0.290. The van der Waals surface area contributed by atoms with Crippen LogP contribution in [0.2, 0.25) is 0 Å². The van der Waals surface area contributed by atoms with Crippen LogP contribution in [-0.4, -0.2) is 9.55 Å². The van der Waals surface area contributed by atoms with Gasteiger partial charge in [-0.1, -0.05) is 6.08 Å². The highest BCUT2D eigenvalue weighted by Gasteiger charge is 2.15. The Kier molecular flexibility index (Phi) is 4.34. The van der Waals surface area contributed by atoms with E-state index < -0.39 is 11.6 Å². The Balaban J connectivity index is 2.00. The zero-order chi connectivity index (χ0) is 17.3. The Labute approximate surface area is 139 Å². The zero-order valence-corrected chi connectivity index (χ0v) is 13.6. The topological polar surface area (TPSA) is 27.1 Å². The van der Waals surface area contributed by atoms with Crippen LogP contribution < -0.4 is 4.74 Å². The molecule has 0 radical (unpaired) electrons. The van der Waals surface area contributed by atoms with E-state index in [4.69, 9.17) is 4.74 Å². The summed E-state index contributed by atoms with van der Waals surface area (Å²) in [6.45, 7) is 8.67. The Morgan fingerprint density at radius 2 is 2.04 bits per heavy atom. The van der Waals surface area contributed by atoms with Crippen LogP contribution in [0, 0.1) is 25.5 Å². The quantitative estimate of drug-likeness (QED) is 0.635. The van der Waals surface area contributed by atoms with Gasteiger partial charge in [0.05, 0.1) is 11.0 Å². The third-order valence-electron chi connectivity index (χ3n) is 4.17. The molecule has 1 aromatic carbocycles. The van der Waals surface area contributed by atoms with Gasteiger partial charge in [-0.15, -0.1) is 6.58 Å². The number of aromatic nitrogens is 2. The van der Waals surface area contributed by atoms with Gasteiger partial charge < -0.3 is 9.30 Å². The number of hydrogen-bond donors (Lipinski definition) is 0. The predicted octanol–water partition coefficient (Wildman–Crippen LogP) is 4.70. The minimum atomic E-state index is -0.714. The Morgan fingerprint density at radius 1 is 1.25 bits per heavy atom. The van der Waals surface area contributed by atoms with Crippen molar-refractivity contribution in [3.8, 4) is 5.75 Å². The fourth-order valence-corrected chi connectivity index (χ4v) is 2.83. The van der Waals surface area contributed by atoms with E-state index in [0.29, 0.717) is 6.54 Å². The number of hydrogen-bond acceptors (Lipinski definition) is 2. The van der Waals surface area contributed by atoms with Gasteiger partial charge in [-0.05, 0) is 37.6 Å². The van der Waals surface area contributed by atoms with E-state index >= 15 is 0 Å². The van der Waals surface area contributed by atoms with Crippen molar-refractivity contribution in [3.63, 3.8) is 0 Å². The summed E-state index contributed by atoms with van der Waals surface area (Å²) in [5.74, 6) is -1.32. The molecule has 0 saturated carbocycles. The van der Waals surface area contributed by atoms with E-state index in [1.807, 2.05) is 26.0 Å². The van der Waals surface area contributed by atoms with Crippen molar-refractivity contribution in [2.75, 3.05) is 0 Å². The molecule has 0 atom stereocenters. The van der Waals surface area contributed by atoms with E-state index in [1.54, 1.807) is 6.20 Å². The van der Waals surface area contributed by atoms with E-state index in [0.717, 1.165) is 33.9 Å². The smallest absolute Gasteiger partial charge is 0.167 e. The summed E-state index contributed by atoms with van der Waals surface area (Å²) >= 11 is 0. The third-order valence-corrected chi connectivity index (χ3v) is 4.17. The number of halogens is 2. The first-order valence-electron chi connectivity index (χ1n) is 7.65. The average Bonchev–Trinajstić information content (AvgIpc) is 2.80. The molecule has 5 heteroatoms. The maximum atomic E-state index is 13.7. The molecular formula is C19H18F2N2O. The van der Waals surface area contributed by atoms with Gasteiger partial charge in [0.25, 0.3) is 0 Å². The SMILES string of the molecule is C=CCn1c(C)c(C)c2nccc(COc3ccc(F)cc3F)c21. The summed E-state index contributed by atoms with van der Waals surface area (Å²) in [5, 5.41) is 0. The molecule has 124 valence electrons. The van der Waals surface area contributed by atoms with Crippen LogP contribution in [0.3, 0.4) is 0 Å². The molecule has 0 bridgehead atoms.